The number of aromatic nitrogens is 2. The van der Waals surface area contributed by atoms with Gasteiger partial charge >= 0.3 is 0 Å². The maximum absolute atomic E-state index is 15.3. The molecule has 0 unspecified atom stereocenters. The SMILES string of the molecule is COc1cc(-c2cc3c(F)cc(-c4cc5ccc(N6CCC(C)CC6)cc5[nH]4)cc3[nH]2)ccc1N(C)C. The Morgan fingerprint density at radius 3 is 2.38 bits per heavy atom. The number of piperidine rings is 1. The molecule has 0 radical (unpaired) electrons. The van der Waals surface area contributed by atoms with Crippen molar-refractivity contribution in [1.29, 1.82) is 0 Å². The van der Waals surface area contributed by atoms with Crippen molar-refractivity contribution >= 4 is 33.2 Å². The van der Waals surface area contributed by atoms with Gasteiger partial charge in [0.1, 0.15) is 11.6 Å². The van der Waals surface area contributed by atoms with E-state index < -0.39 is 0 Å². The molecule has 2 aromatic heterocycles. The van der Waals surface area contributed by atoms with Crippen molar-refractivity contribution in [2.24, 2.45) is 5.92 Å². The molecule has 0 bridgehead atoms. The van der Waals surface area contributed by atoms with Crippen LogP contribution in [0.4, 0.5) is 15.8 Å². The number of methoxy groups -OCH3 is 1. The van der Waals surface area contributed by atoms with Crippen LogP contribution in [0.1, 0.15) is 19.8 Å². The van der Waals surface area contributed by atoms with Crippen LogP contribution in [0.15, 0.2) is 60.7 Å². The molecule has 3 heterocycles. The molecule has 37 heavy (non-hydrogen) atoms. The molecule has 0 atom stereocenters. The van der Waals surface area contributed by atoms with Crippen LogP contribution in [-0.4, -0.2) is 44.3 Å². The van der Waals surface area contributed by atoms with Crippen molar-refractivity contribution in [1.82, 2.24) is 9.97 Å². The average molecular weight is 497 g/mol. The van der Waals surface area contributed by atoms with Crippen molar-refractivity contribution in [3.8, 4) is 28.3 Å². The molecular weight excluding hydrogens is 463 g/mol. The van der Waals surface area contributed by atoms with Crippen molar-refractivity contribution in [3.63, 3.8) is 0 Å². The standard InChI is InChI=1S/C31H33FN4O/c1-19-9-11-36(12-10-19)23-7-5-20-14-26(33-27(20)17-23)22-13-25(32)24-18-28(34-29(24)15-22)21-6-8-30(35(2)3)31(16-21)37-4/h5-8,13-19,33-34H,9-12H2,1-4H3. The lowest BCUT2D eigenvalue weighted by molar-refractivity contribution is 0.415. The zero-order chi connectivity index (χ0) is 25.7. The first-order valence-corrected chi connectivity index (χ1v) is 13.0. The monoisotopic (exact) mass is 496 g/mol. The second-order valence-electron chi connectivity index (χ2n) is 10.5. The van der Waals surface area contributed by atoms with Crippen LogP contribution >= 0.6 is 0 Å². The number of benzene rings is 3. The third kappa shape index (κ3) is 4.31. The average Bonchev–Trinajstić information content (AvgIpc) is 3.53. The number of aromatic amines is 2. The number of nitrogens with one attached hydrogen (secondary N) is 2. The highest BCUT2D eigenvalue weighted by atomic mass is 19.1. The molecule has 5 nitrogen and oxygen atoms in total. The third-order valence-electron chi connectivity index (χ3n) is 7.73. The summed E-state index contributed by atoms with van der Waals surface area (Å²) in [6.07, 6.45) is 2.47. The lowest BCUT2D eigenvalue weighted by Gasteiger charge is -2.32. The van der Waals surface area contributed by atoms with Gasteiger partial charge in [-0.2, -0.15) is 0 Å². The molecule has 5 aromatic rings. The van der Waals surface area contributed by atoms with Crippen molar-refractivity contribution in [2.45, 2.75) is 19.8 Å². The minimum Gasteiger partial charge on any atom is -0.495 e. The third-order valence-corrected chi connectivity index (χ3v) is 7.73. The maximum atomic E-state index is 15.3. The van der Waals surface area contributed by atoms with Crippen LogP contribution in [0.25, 0.3) is 44.3 Å². The second kappa shape index (κ2) is 9.18. The maximum Gasteiger partial charge on any atom is 0.142 e. The van der Waals surface area contributed by atoms with Gasteiger partial charge in [0, 0.05) is 77.2 Å². The van der Waals surface area contributed by atoms with Gasteiger partial charge in [0.15, 0.2) is 0 Å². The molecule has 1 saturated heterocycles. The normalized spacial score (nSPS) is 14.6. The first-order valence-electron chi connectivity index (χ1n) is 13.0. The minimum atomic E-state index is -0.242. The van der Waals surface area contributed by atoms with Gasteiger partial charge in [-0.3, -0.25) is 0 Å². The summed E-state index contributed by atoms with van der Waals surface area (Å²) in [5, 5.41) is 1.71. The Labute approximate surface area is 216 Å². The van der Waals surface area contributed by atoms with E-state index in [-0.39, 0.29) is 5.82 Å². The summed E-state index contributed by atoms with van der Waals surface area (Å²) >= 11 is 0. The summed E-state index contributed by atoms with van der Waals surface area (Å²) < 4.78 is 20.9. The van der Waals surface area contributed by atoms with Crippen LogP contribution < -0.4 is 14.5 Å². The van der Waals surface area contributed by atoms with Crippen LogP contribution in [0.2, 0.25) is 0 Å². The van der Waals surface area contributed by atoms with Crippen molar-refractivity contribution < 1.29 is 9.13 Å². The van der Waals surface area contributed by atoms with Crippen LogP contribution in [0.3, 0.4) is 0 Å². The summed E-state index contributed by atoms with van der Waals surface area (Å²) in [5.74, 6) is 1.34. The van der Waals surface area contributed by atoms with E-state index in [4.69, 9.17) is 4.74 Å². The number of fused-ring (bicyclic) bond motifs is 2. The first-order chi connectivity index (χ1) is 17.9. The quantitative estimate of drug-likeness (QED) is 0.266. The number of hydrogen-bond donors (Lipinski definition) is 2. The molecule has 1 aliphatic heterocycles. The van der Waals surface area contributed by atoms with E-state index in [9.17, 15) is 0 Å². The second-order valence-corrected chi connectivity index (χ2v) is 10.5. The topological polar surface area (TPSA) is 47.3 Å². The van der Waals surface area contributed by atoms with Crippen LogP contribution in [-0.2, 0) is 0 Å². The minimum absolute atomic E-state index is 0.242. The molecular formula is C31H33FN4O. The van der Waals surface area contributed by atoms with Gasteiger partial charge in [-0.25, -0.2) is 4.39 Å². The lowest BCUT2D eigenvalue weighted by atomic mass is 9.99. The Morgan fingerprint density at radius 2 is 1.62 bits per heavy atom. The summed E-state index contributed by atoms with van der Waals surface area (Å²) in [4.78, 5) is 11.4. The number of halogens is 1. The van der Waals surface area contributed by atoms with E-state index in [0.29, 0.717) is 5.39 Å². The largest absolute Gasteiger partial charge is 0.495 e. The summed E-state index contributed by atoms with van der Waals surface area (Å²) in [6, 6.07) is 20.2. The zero-order valence-corrected chi connectivity index (χ0v) is 21.9. The molecule has 3 aromatic carbocycles. The number of H-pyrrole nitrogens is 2. The highest BCUT2D eigenvalue weighted by Gasteiger charge is 2.17. The number of anilines is 2. The van der Waals surface area contributed by atoms with Gasteiger partial charge in [0.25, 0.3) is 0 Å². The fourth-order valence-corrected chi connectivity index (χ4v) is 5.45. The molecule has 2 N–H and O–H groups in total. The molecule has 0 aliphatic carbocycles. The fraction of sp³-hybridized carbons (Fsp3) is 0.290. The first kappa shape index (κ1) is 23.5. The van der Waals surface area contributed by atoms with E-state index in [0.717, 1.165) is 69.4 Å². The molecule has 6 heteroatoms. The molecule has 0 amide bonds. The van der Waals surface area contributed by atoms with Crippen LogP contribution in [0.5, 0.6) is 5.75 Å². The Morgan fingerprint density at radius 1 is 0.865 bits per heavy atom. The smallest absolute Gasteiger partial charge is 0.142 e. The van der Waals surface area contributed by atoms with E-state index in [2.05, 4.69) is 46.1 Å². The van der Waals surface area contributed by atoms with Crippen LogP contribution in [0, 0.1) is 11.7 Å². The Balaban J connectivity index is 1.34. The van der Waals surface area contributed by atoms with E-state index >= 15 is 4.39 Å². The van der Waals surface area contributed by atoms with Gasteiger partial charge in [-0.05, 0) is 67.3 Å². The Bertz CT molecular complexity index is 1590. The lowest BCUT2D eigenvalue weighted by Crippen LogP contribution is -2.32. The molecule has 190 valence electrons. The summed E-state index contributed by atoms with van der Waals surface area (Å²) in [6.45, 7) is 4.53. The van der Waals surface area contributed by atoms with E-state index in [1.807, 2.05) is 49.3 Å². The molecule has 0 saturated carbocycles. The number of nitrogens with zero attached hydrogens (tertiary/aromatic N) is 2. The summed E-state index contributed by atoms with van der Waals surface area (Å²) in [7, 11) is 5.63. The molecule has 6 rings (SSSR count). The summed E-state index contributed by atoms with van der Waals surface area (Å²) in [5.41, 5.74) is 7.62. The predicted molar refractivity (Wildman–Crippen MR) is 152 cm³/mol. The predicted octanol–water partition coefficient (Wildman–Crippen LogP) is 7.43. The van der Waals surface area contributed by atoms with Gasteiger partial charge < -0.3 is 24.5 Å². The van der Waals surface area contributed by atoms with Gasteiger partial charge in [0.05, 0.1) is 12.8 Å². The van der Waals surface area contributed by atoms with Crippen molar-refractivity contribution in [3.05, 3.63) is 66.5 Å². The van der Waals surface area contributed by atoms with Crippen molar-refractivity contribution in [2.75, 3.05) is 44.1 Å². The highest BCUT2D eigenvalue weighted by molar-refractivity contribution is 5.93. The fourth-order valence-electron chi connectivity index (χ4n) is 5.45. The zero-order valence-electron chi connectivity index (χ0n) is 21.9. The molecule has 1 fully saturated rings. The number of rotatable bonds is 5. The highest BCUT2D eigenvalue weighted by Crippen LogP contribution is 2.36. The number of ether oxygens (including phenoxy) is 1. The van der Waals surface area contributed by atoms with Gasteiger partial charge in [0.2, 0.25) is 0 Å². The number of hydrogen-bond acceptors (Lipinski definition) is 3. The van der Waals surface area contributed by atoms with Gasteiger partial charge in [-0.1, -0.05) is 19.1 Å². The van der Waals surface area contributed by atoms with E-state index in [1.54, 1.807) is 13.2 Å². The van der Waals surface area contributed by atoms with E-state index in [1.165, 1.54) is 18.5 Å². The Hall–Kier alpha value is -3.93. The Kier molecular flexibility index (Phi) is 5.82. The molecule has 0 spiro atoms. The van der Waals surface area contributed by atoms with Gasteiger partial charge in [-0.15, -0.1) is 0 Å². The molecule has 1 aliphatic rings.